The van der Waals surface area contributed by atoms with Crippen LogP contribution in [0.4, 0.5) is 13.2 Å². The second-order valence-electron chi connectivity index (χ2n) is 5.26. The first-order valence-corrected chi connectivity index (χ1v) is 9.35. The molecule has 0 bridgehead atoms. The quantitative estimate of drug-likeness (QED) is 0.747. The van der Waals surface area contributed by atoms with E-state index in [-0.39, 0.29) is 10.5 Å². The average Bonchev–Trinajstić information content (AvgIpc) is 2.53. The number of methoxy groups -OCH3 is 1. The maximum absolute atomic E-state index is 12.8. The highest BCUT2D eigenvalue weighted by atomic mass is 79.9. The fourth-order valence-corrected chi connectivity index (χ4v) is 4.12. The van der Waals surface area contributed by atoms with Crippen molar-refractivity contribution in [3.05, 3.63) is 58.1 Å². The smallest absolute Gasteiger partial charge is 0.416 e. The molecule has 1 N–H and O–H groups in total. The van der Waals surface area contributed by atoms with Gasteiger partial charge in [-0.1, -0.05) is 12.1 Å². The van der Waals surface area contributed by atoms with Gasteiger partial charge in [-0.25, -0.2) is 13.1 Å². The Morgan fingerprint density at radius 3 is 2.40 bits per heavy atom. The predicted octanol–water partition coefficient (Wildman–Crippen LogP) is 4.52. The monoisotopic (exact) mass is 437 g/mol. The predicted molar refractivity (Wildman–Crippen MR) is 90.9 cm³/mol. The van der Waals surface area contributed by atoms with Crippen molar-refractivity contribution in [1.82, 2.24) is 4.72 Å². The summed E-state index contributed by atoms with van der Waals surface area (Å²) in [7, 11) is -2.47. The van der Waals surface area contributed by atoms with Crippen LogP contribution in [0.25, 0.3) is 0 Å². The summed E-state index contributed by atoms with van der Waals surface area (Å²) in [5.41, 5.74) is -0.616. The zero-order chi connectivity index (χ0) is 18.8. The van der Waals surface area contributed by atoms with Crippen molar-refractivity contribution in [2.45, 2.75) is 24.0 Å². The molecule has 0 aliphatic carbocycles. The molecule has 0 heterocycles. The summed E-state index contributed by atoms with van der Waals surface area (Å²) in [5.74, 6) is 0.463. The number of ether oxygens (including phenoxy) is 1. The highest BCUT2D eigenvalue weighted by Crippen LogP contribution is 2.31. The summed E-state index contributed by atoms with van der Waals surface area (Å²) in [6.07, 6.45) is -4.49. The number of benzene rings is 2. The number of rotatable bonds is 5. The minimum absolute atomic E-state index is 0.0287. The summed E-state index contributed by atoms with van der Waals surface area (Å²) in [5, 5.41) is 0. The largest absolute Gasteiger partial charge is 0.496 e. The molecule has 136 valence electrons. The molecule has 4 nitrogen and oxygen atoms in total. The van der Waals surface area contributed by atoms with Crippen molar-refractivity contribution >= 4 is 26.0 Å². The third-order valence-electron chi connectivity index (χ3n) is 3.48. The third-order valence-corrected chi connectivity index (χ3v) is 5.64. The summed E-state index contributed by atoms with van der Waals surface area (Å²) in [4.78, 5) is -0.0287. The Kier molecular flexibility index (Phi) is 5.80. The number of sulfonamides is 1. The van der Waals surface area contributed by atoms with Crippen molar-refractivity contribution in [1.29, 1.82) is 0 Å². The van der Waals surface area contributed by atoms with Crippen LogP contribution in [0.15, 0.2) is 51.8 Å². The number of hydrogen-bond acceptors (Lipinski definition) is 3. The molecule has 0 aliphatic heterocycles. The van der Waals surface area contributed by atoms with Gasteiger partial charge in [-0.3, -0.25) is 0 Å². The summed E-state index contributed by atoms with van der Waals surface area (Å²) in [6.45, 7) is 1.48. The Labute approximate surface area is 152 Å². The molecule has 2 rings (SSSR count). The van der Waals surface area contributed by atoms with Crippen LogP contribution in [-0.2, 0) is 16.2 Å². The molecule has 25 heavy (non-hydrogen) atoms. The second kappa shape index (κ2) is 7.35. The van der Waals surface area contributed by atoms with Gasteiger partial charge in [0.15, 0.2) is 0 Å². The lowest BCUT2D eigenvalue weighted by atomic mass is 10.1. The van der Waals surface area contributed by atoms with Gasteiger partial charge in [-0.2, -0.15) is 13.2 Å². The van der Waals surface area contributed by atoms with E-state index in [1.165, 1.54) is 44.4 Å². The first-order chi connectivity index (χ1) is 11.5. The number of nitrogens with one attached hydrogen (secondary N) is 1. The van der Waals surface area contributed by atoms with E-state index in [4.69, 9.17) is 4.74 Å². The summed E-state index contributed by atoms with van der Waals surface area (Å²) < 4.78 is 71.2. The van der Waals surface area contributed by atoms with Crippen LogP contribution >= 0.6 is 15.9 Å². The average molecular weight is 438 g/mol. The number of hydrogen-bond donors (Lipinski definition) is 1. The molecule has 1 atom stereocenters. The zero-order valence-corrected chi connectivity index (χ0v) is 15.7. The first kappa shape index (κ1) is 19.7. The fraction of sp³-hybridized carbons (Fsp3) is 0.250. The van der Waals surface area contributed by atoms with E-state index >= 15 is 0 Å². The van der Waals surface area contributed by atoms with Crippen molar-refractivity contribution in [2.75, 3.05) is 7.11 Å². The van der Waals surface area contributed by atoms with E-state index in [0.29, 0.717) is 10.2 Å². The molecule has 2 aromatic rings. The fourth-order valence-electron chi connectivity index (χ4n) is 2.17. The summed E-state index contributed by atoms with van der Waals surface area (Å²) in [6, 6.07) is 7.90. The minimum atomic E-state index is -4.49. The topological polar surface area (TPSA) is 55.4 Å². The molecular weight excluding hydrogens is 423 g/mol. The normalized spacial score (nSPS) is 13.5. The van der Waals surface area contributed by atoms with Gasteiger partial charge in [0.05, 0.1) is 22.0 Å². The standard InChI is InChI=1S/C16H15BrF3NO3S/c1-10(11-4-3-5-12(8-11)16(18,19)20)21-25(22,23)13-6-7-15(24-2)14(17)9-13/h3-10,21H,1-2H3/t10-/m1/s1. The van der Waals surface area contributed by atoms with E-state index in [9.17, 15) is 21.6 Å². The third kappa shape index (κ3) is 4.74. The van der Waals surface area contributed by atoms with E-state index in [1.54, 1.807) is 0 Å². The van der Waals surface area contributed by atoms with Crippen LogP contribution in [0.1, 0.15) is 24.1 Å². The van der Waals surface area contributed by atoms with Gasteiger partial charge >= 0.3 is 6.18 Å². The van der Waals surface area contributed by atoms with Gasteiger partial charge in [-0.05, 0) is 58.7 Å². The van der Waals surface area contributed by atoms with Gasteiger partial charge in [0.1, 0.15) is 5.75 Å². The number of alkyl halides is 3. The molecule has 0 spiro atoms. The second-order valence-corrected chi connectivity index (χ2v) is 7.83. The van der Waals surface area contributed by atoms with Crippen molar-refractivity contribution in [3.63, 3.8) is 0 Å². The van der Waals surface area contributed by atoms with Gasteiger partial charge in [0.25, 0.3) is 0 Å². The molecular formula is C16H15BrF3NO3S. The molecule has 0 aliphatic rings. The van der Waals surface area contributed by atoms with Crippen LogP contribution in [0, 0.1) is 0 Å². The Morgan fingerprint density at radius 1 is 1.16 bits per heavy atom. The van der Waals surface area contributed by atoms with E-state index < -0.39 is 27.8 Å². The molecule has 2 aromatic carbocycles. The molecule has 0 amide bonds. The van der Waals surface area contributed by atoms with Crippen LogP contribution in [0.5, 0.6) is 5.75 Å². The number of halogens is 4. The molecule has 0 aromatic heterocycles. The zero-order valence-electron chi connectivity index (χ0n) is 13.3. The molecule has 9 heteroatoms. The Bertz CT molecular complexity index is 869. The van der Waals surface area contributed by atoms with Crippen LogP contribution < -0.4 is 9.46 Å². The Balaban J connectivity index is 2.27. The Morgan fingerprint density at radius 2 is 1.84 bits per heavy atom. The van der Waals surface area contributed by atoms with Gasteiger partial charge in [-0.15, -0.1) is 0 Å². The molecule has 0 radical (unpaired) electrons. The lowest BCUT2D eigenvalue weighted by Crippen LogP contribution is -2.27. The minimum Gasteiger partial charge on any atom is -0.496 e. The SMILES string of the molecule is COc1ccc(S(=O)(=O)N[C@H](C)c2cccc(C(F)(F)F)c2)cc1Br. The Hall–Kier alpha value is -1.58. The summed E-state index contributed by atoms with van der Waals surface area (Å²) >= 11 is 3.20. The maximum Gasteiger partial charge on any atom is 0.416 e. The lowest BCUT2D eigenvalue weighted by Gasteiger charge is -2.17. The van der Waals surface area contributed by atoms with Crippen molar-refractivity contribution in [2.24, 2.45) is 0 Å². The van der Waals surface area contributed by atoms with Gasteiger partial charge in [0, 0.05) is 6.04 Å². The first-order valence-electron chi connectivity index (χ1n) is 7.07. The van der Waals surface area contributed by atoms with Crippen LogP contribution in [-0.4, -0.2) is 15.5 Å². The van der Waals surface area contributed by atoms with E-state index in [1.807, 2.05) is 0 Å². The van der Waals surface area contributed by atoms with Crippen molar-refractivity contribution in [3.8, 4) is 5.75 Å². The molecule has 0 saturated heterocycles. The van der Waals surface area contributed by atoms with Crippen molar-refractivity contribution < 1.29 is 26.3 Å². The van der Waals surface area contributed by atoms with E-state index in [0.717, 1.165) is 12.1 Å². The lowest BCUT2D eigenvalue weighted by molar-refractivity contribution is -0.137. The van der Waals surface area contributed by atoms with Gasteiger partial charge in [0.2, 0.25) is 10.0 Å². The maximum atomic E-state index is 12.8. The highest BCUT2D eigenvalue weighted by molar-refractivity contribution is 9.10. The van der Waals surface area contributed by atoms with Gasteiger partial charge < -0.3 is 4.74 Å². The highest BCUT2D eigenvalue weighted by Gasteiger charge is 2.31. The molecule has 0 unspecified atom stereocenters. The van der Waals surface area contributed by atoms with Crippen LogP contribution in [0.2, 0.25) is 0 Å². The molecule has 0 saturated carbocycles. The van der Waals surface area contributed by atoms with E-state index in [2.05, 4.69) is 20.7 Å². The van der Waals surface area contributed by atoms with Crippen LogP contribution in [0.3, 0.4) is 0 Å². The molecule has 0 fully saturated rings.